The monoisotopic (exact) mass is 355 g/mol. The topological polar surface area (TPSA) is 75.4 Å². The molecule has 1 aliphatic rings. The molecule has 0 saturated carbocycles. The summed E-state index contributed by atoms with van der Waals surface area (Å²) in [6.07, 6.45) is 2.26. The highest BCUT2D eigenvalue weighted by Crippen LogP contribution is 2.24. The van der Waals surface area contributed by atoms with Crippen molar-refractivity contribution >= 4 is 17.5 Å². The number of amides is 1. The Balaban J connectivity index is 1.57. The van der Waals surface area contributed by atoms with Crippen molar-refractivity contribution in [2.45, 2.75) is 39.2 Å². The van der Waals surface area contributed by atoms with Gasteiger partial charge in [-0.15, -0.1) is 0 Å². The van der Waals surface area contributed by atoms with E-state index in [2.05, 4.69) is 15.4 Å². The molecule has 1 amide bonds. The van der Waals surface area contributed by atoms with E-state index < -0.39 is 0 Å². The summed E-state index contributed by atoms with van der Waals surface area (Å²) in [6.45, 7) is 5.27. The third kappa shape index (κ3) is 4.19. The number of nitrogens with one attached hydrogen (secondary N) is 1. The third-order valence-corrected chi connectivity index (χ3v) is 4.97. The van der Waals surface area contributed by atoms with Gasteiger partial charge in [0, 0.05) is 17.5 Å². The van der Waals surface area contributed by atoms with Crippen LogP contribution in [0.3, 0.4) is 0 Å². The number of anilines is 1. The molecular weight excluding hydrogens is 330 g/mol. The van der Waals surface area contributed by atoms with Crippen molar-refractivity contribution in [3.63, 3.8) is 0 Å². The van der Waals surface area contributed by atoms with Gasteiger partial charge in [0.05, 0.1) is 6.04 Å². The van der Waals surface area contributed by atoms with Gasteiger partial charge < -0.3 is 9.84 Å². The molecule has 2 heterocycles. The average molecular weight is 355 g/mol. The van der Waals surface area contributed by atoms with Crippen LogP contribution in [0.15, 0.2) is 40.9 Å². The zero-order valence-electron chi connectivity index (χ0n) is 15.3. The Labute approximate surface area is 153 Å². The molecule has 1 unspecified atom stereocenters. The largest absolute Gasteiger partial charge is 0.360 e. The minimum absolute atomic E-state index is 0.0346. The van der Waals surface area contributed by atoms with Crippen molar-refractivity contribution in [2.24, 2.45) is 5.92 Å². The van der Waals surface area contributed by atoms with Gasteiger partial charge in [0.25, 0.3) is 0 Å². The van der Waals surface area contributed by atoms with Crippen molar-refractivity contribution in [3.05, 3.63) is 47.7 Å². The maximum atomic E-state index is 12.6. The van der Waals surface area contributed by atoms with Crippen molar-refractivity contribution in [3.8, 4) is 0 Å². The van der Waals surface area contributed by atoms with E-state index in [1.54, 1.807) is 13.0 Å². The molecule has 1 atom stereocenters. The molecule has 3 rings (SSSR count). The van der Waals surface area contributed by atoms with Gasteiger partial charge in [0.1, 0.15) is 5.76 Å². The van der Waals surface area contributed by atoms with Crippen molar-refractivity contribution in [1.82, 2.24) is 10.1 Å². The van der Waals surface area contributed by atoms with Crippen LogP contribution in [0.4, 0.5) is 5.82 Å². The van der Waals surface area contributed by atoms with Crippen LogP contribution >= 0.6 is 0 Å². The van der Waals surface area contributed by atoms with Crippen LogP contribution in [0.2, 0.25) is 0 Å². The Bertz CT molecular complexity index is 749. The lowest BCUT2D eigenvalue weighted by molar-refractivity contribution is -0.122. The number of Topliss-reactive ketones (excluding diaryl/α,β-unsaturated/α-hetero) is 1. The SMILES string of the molecule is CCC(C(=O)Nc1cc(C)on1)N1CCC(C(=O)c2ccccc2)CC1. The van der Waals surface area contributed by atoms with E-state index in [4.69, 9.17) is 4.52 Å². The second-order valence-electron chi connectivity index (χ2n) is 6.78. The fourth-order valence-corrected chi connectivity index (χ4v) is 3.56. The quantitative estimate of drug-likeness (QED) is 0.805. The summed E-state index contributed by atoms with van der Waals surface area (Å²) in [6, 6.07) is 10.9. The molecule has 0 bridgehead atoms. The average Bonchev–Trinajstić information content (AvgIpc) is 3.07. The maximum Gasteiger partial charge on any atom is 0.242 e. The van der Waals surface area contributed by atoms with Gasteiger partial charge in [-0.05, 0) is 39.3 Å². The summed E-state index contributed by atoms with van der Waals surface area (Å²) in [5, 5.41) is 6.63. The first kappa shape index (κ1) is 18.3. The zero-order valence-corrected chi connectivity index (χ0v) is 15.3. The summed E-state index contributed by atoms with van der Waals surface area (Å²) in [5.74, 6) is 1.27. The van der Waals surface area contributed by atoms with E-state index in [0.717, 1.165) is 31.5 Å². The van der Waals surface area contributed by atoms with Gasteiger partial charge in [-0.25, -0.2) is 0 Å². The standard InChI is InChI=1S/C20H25N3O3/c1-3-17(20(25)21-18-13-14(2)26-22-18)23-11-9-16(10-12-23)19(24)15-7-5-4-6-8-15/h4-8,13,16-17H,3,9-12H2,1-2H3,(H,21,22,25). The fraction of sp³-hybridized carbons (Fsp3) is 0.450. The molecule has 1 aromatic heterocycles. The van der Waals surface area contributed by atoms with E-state index >= 15 is 0 Å². The Morgan fingerprint density at radius 2 is 1.96 bits per heavy atom. The summed E-state index contributed by atoms with van der Waals surface area (Å²) < 4.78 is 4.99. The molecule has 1 N–H and O–H groups in total. The van der Waals surface area contributed by atoms with E-state index in [1.165, 1.54) is 0 Å². The molecule has 6 heteroatoms. The van der Waals surface area contributed by atoms with Crippen LogP contribution in [0.5, 0.6) is 0 Å². The highest BCUT2D eigenvalue weighted by molar-refractivity contribution is 5.98. The Morgan fingerprint density at radius 3 is 2.54 bits per heavy atom. The third-order valence-electron chi connectivity index (χ3n) is 4.97. The normalized spacial score (nSPS) is 17.0. The number of carbonyl (C=O) groups excluding carboxylic acids is 2. The molecule has 0 aliphatic carbocycles. The predicted molar refractivity (Wildman–Crippen MR) is 99.0 cm³/mol. The molecule has 1 fully saturated rings. The second-order valence-corrected chi connectivity index (χ2v) is 6.78. The summed E-state index contributed by atoms with van der Waals surface area (Å²) in [7, 11) is 0. The van der Waals surface area contributed by atoms with E-state index in [9.17, 15) is 9.59 Å². The number of hydrogen-bond acceptors (Lipinski definition) is 5. The number of benzene rings is 1. The summed E-state index contributed by atoms with van der Waals surface area (Å²) in [5.41, 5.74) is 0.775. The first-order valence-corrected chi connectivity index (χ1v) is 9.16. The lowest BCUT2D eigenvalue weighted by Gasteiger charge is -2.35. The number of aromatic nitrogens is 1. The smallest absolute Gasteiger partial charge is 0.242 e. The van der Waals surface area contributed by atoms with Gasteiger partial charge in [-0.3, -0.25) is 14.5 Å². The molecule has 1 aromatic carbocycles. The molecule has 1 aliphatic heterocycles. The fourth-order valence-electron chi connectivity index (χ4n) is 3.56. The van der Waals surface area contributed by atoms with Crippen LogP contribution in [-0.4, -0.2) is 40.9 Å². The number of rotatable bonds is 6. The van der Waals surface area contributed by atoms with Crippen LogP contribution in [0.25, 0.3) is 0 Å². The lowest BCUT2D eigenvalue weighted by Crippen LogP contribution is -2.48. The zero-order chi connectivity index (χ0) is 18.5. The van der Waals surface area contributed by atoms with Crippen LogP contribution in [0, 0.1) is 12.8 Å². The minimum atomic E-state index is -0.222. The molecule has 1 saturated heterocycles. The molecule has 0 spiro atoms. The maximum absolute atomic E-state index is 12.6. The number of ketones is 1. The minimum Gasteiger partial charge on any atom is -0.360 e. The van der Waals surface area contributed by atoms with Crippen molar-refractivity contribution in [2.75, 3.05) is 18.4 Å². The molecular formula is C20H25N3O3. The predicted octanol–water partition coefficient (Wildman–Crippen LogP) is 3.30. The Kier molecular flexibility index (Phi) is 5.83. The first-order chi connectivity index (χ1) is 12.6. The number of hydrogen-bond donors (Lipinski definition) is 1. The molecule has 0 radical (unpaired) electrons. The van der Waals surface area contributed by atoms with Gasteiger partial charge >= 0.3 is 0 Å². The van der Waals surface area contributed by atoms with E-state index in [-0.39, 0.29) is 23.7 Å². The van der Waals surface area contributed by atoms with Crippen molar-refractivity contribution in [1.29, 1.82) is 0 Å². The molecule has 6 nitrogen and oxygen atoms in total. The molecule has 138 valence electrons. The first-order valence-electron chi connectivity index (χ1n) is 9.16. The molecule has 26 heavy (non-hydrogen) atoms. The highest BCUT2D eigenvalue weighted by Gasteiger charge is 2.31. The Hall–Kier alpha value is -2.47. The number of piperidine rings is 1. The van der Waals surface area contributed by atoms with Crippen molar-refractivity contribution < 1.29 is 14.1 Å². The van der Waals surface area contributed by atoms with Crippen LogP contribution in [0.1, 0.15) is 42.3 Å². The number of carbonyl (C=O) groups is 2. The lowest BCUT2D eigenvalue weighted by atomic mass is 9.88. The van der Waals surface area contributed by atoms with Gasteiger partial charge in [-0.1, -0.05) is 42.4 Å². The highest BCUT2D eigenvalue weighted by atomic mass is 16.5. The van der Waals surface area contributed by atoms with Gasteiger partial charge in [0.15, 0.2) is 11.6 Å². The van der Waals surface area contributed by atoms with E-state index in [1.807, 2.05) is 37.3 Å². The second kappa shape index (κ2) is 8.27. The number of aryl methyl sites for hydroxylation is 1. The Morgan fingerprint density at radius 1 is 1.27 bits per heavy atom. The van der Waals surface area contributed by atoms with E-state index in [0.29, 0.717) is 18.0 Å². The van der Waals surface area contributed by atoms with Gasteiger partial charge in [-0.2, -0.15) is 0 Å². The van der Waals surface area contributed by atoms with Crippen LogP contribution < -0.4 is 5.32 Å². The molecule has 2 aromatic rings. The van der Waals surface area contributed by atoms with Crippen LogP contribution in [-0.2, 0) is 4.79 Å². The summed E-state index contributed by atoms with van der Waals surface area (Å²) >= 11 is 0. The number of likely N-dealkylation sites (tertiary alicyclic amines) is 1. The van der Waals surface area contributed by atoms with Gasteiger partial charge in [0.2, 0.25) is 5.91 Å². The number of nitrogens with zero attached hydrogens (tertiary/aromatic N) is 2. The summed E-state index contributed by atoms with van der Waals surface area (Å²) in [4.78, 5) is 27.4.